The zero-order chi connectivity index (χ0) is 22.2. The molecule has 0 saturated carbocycles. The van der Waals surface area contributed by atoms with Crippen LogP contribution in [0.4, 0.5) is 0 Å². The van der Waals surface area contributed by atoms with E-state index in [0.29, 0.717) is 24.6 Å². The number of nitrogens with zero attached hydrogens (tertiary/aromatic N) is 1. The summed E-state index contributed by atoms with van der Waals surface area (Å²) < 4.78 is 5.28. The maximum atomic E-state index is 12.7. The van der Waals surface area contributed by atoms with Crippen LogP contribution in [0.5, 0.6) is 5.75 Å². The molecule has 2 aromatic carbocycles. The first-order valence-electron chi connectivity index (χ1n) is 10.6. The Kier molecular flexibility index (Phi) is 7.84. The number of rotatable bonds is 8. The number of methoxy groups -OCH3 is 1. The van der Waals surface area contributed by atoms with Gasteiger partial charge in [-0.15, -0.1) is 0 Å². The van der Waals surface area contributed by atoms with E-state index < -0.39 is 0 Å². The zero-order valence-electron chi connectivity index (χ0n) is 18.3. The molecule has 2 aromatic rings. The number of hydrogen-bond acceptors (Lipinski definition) is 4. The Morgan fingerprint density at radius 1 is 1.13 bits per heavy atom. The first kappa shape index (κ1) is 22.6. The van der Waals surface area contributed by atoms with Gasteiger partial charge in [0.25, 0.3) is 5.91 Å². The Labute approximate surface area is 184 Å². The molecule has 164 valence electrons. The van der Waals surface area contributed by atoms with E-state index in [1.807, 2.05) is 24.3 Å². The van der Waals surface area contributed by atoms with E-state index in [2.05, 4.69) is 41.3 Å². The van der Waals surface area contributed by atoms with Gasteiger partial charge in [-0.25, -0.2) is 0 Å². The third kappa shape index (κ3) is 5.95. The van der Waals surface area contributed by atoms with Crippen molar-refractivity contribution in [1.82, 2.24) is 15.5 Å². The highest BCUT2D eigenvalue weighted by molar-refractivity contribution is 5.94. The summed E-state index contributed by atoms with van der Waals surface area (Å²) in [6.45, 7) is 5.51. The molecule has 1 fully saturated rings. The molecule has 2 N–H and O–H groups in total. The standard InChI is InChI=1S/C25H31N3O3/c1-4-23(29)26-16-18-7-9-20(10-8-18)25(30)27-17-21-6-5-15-28(2)24(21)19-11-13-22(31-3)14-12-19/h4,7-14,21,24H,1,5-6,15-17H2,2-3H3,(H,26,29)(H,27,30)/t21-,24-/m0/s1. The van der Waals surface area contributed by atoms with Crippen molar-refractivity contribution < 1.29 is 14.3 Å². The molecule has 1 heterocycles. The topological polar surface area (TPSA) is 70.7 Å². The summed E-state index contributed by atoms with van der Waals surface area (Å²) in [5.41, 5.74) is 2.79. The van der Waals surface area contributed by atoms with E-state index in [9.17, 15) is 9.59 Å². The lowest BCUT2D eigenvalue weighted by Gasteiger charge is -2.39. The second kappa shape index (κ2) is 10.8. The first-order chi connectivity index (χ1) is 15.0. The van der Waals surface area contributed by atoms with Gasteiger partial charge >= 0.3 is 0 Å². The summed E-state index contributed by atoms with van der Waals surface area (Å²) in [5.74, 6) is 0.887. The molecule has 0 bridgehead atoms. The van der Waals surface area contributed by atoms with Gasteiger partial charge in [0, 0.05) is 24.7 Å². The summed E-state index contributed by atoms with van der Waals surface area (Å²) in [6.07, 6.45) is 3.43. The minimum Gasteiger partial charge on any atom is -0.497 e. The number of nitrogens with one attached hydrogen (secondary N) is 2. The summed E-state index contributed by atoms with van der Waals surface area (Å²) in [7, 11) is 3.82. The molecule has 1 aliphatic heterocycles. The van der Waals surface area contributed by atoms with Gasteiger partial charge in [-0.3, -0.25) is 14.5 Å². The van der Waals surface area contributed by atoms with Crippen LogP contribution in [0.15, 0.2) is 61.2 Å². The van der Waals surface area contributed by atoms with Crippen LogP contribution in [0, 0.1) is 5.92 Å². The Bertz CT molecular complexity index is 893. The molecule has 0 aromatic heterocycles. The smallest absolute Gasteiger partial charge is 0.251 e. The van der Waals surface area contributed by atoms with Gasteiger partial charge in [-0.1, -0.05) is 30.8 Å². The average Bonchev–Trinajstić information content (AvgIpc) is 2.81. The largest absolute Gasteiger partial charge is 0.497 e. The molecule has 0 unspecified atom stereocenters. The molecule has 1 aliphatic rings. The van der Waals surface area contributed by atoms with Gasteiger partial charge in [-0.05, 0) is 73.8 Å². The molecule has 2 atom stereocenters. The van der Waals surface area contributed by atoms with Crippen LogP contribution in [0.1, 0.15) is 40.4 Å². The van der Waals surface area contributed by atoms with Crippen molar-refractivity contribution in [3.05, 3.63) is 77.9 Å². The fourth-order valence-corrected chi connectivity index (χ4v) is 4.16. The van der Waals surface area contributed by atoms with Crippen molar-refractivity contribution in [2.24, 2.45) is 5.92 Å². The lowest BCUT2D eigenvalue weighted by Crippen LogP contribution is -2.41. The highest BCUT2D eigenvalue weighted by Crippen LogP contribution is 2.35. The third-order valence-corrected chi connectivity index (χ3v) is 5.86. The van der Waals surface area contributed by atoms with Crippen molar-refractivity contribution in [2.45, 2.75) is 25.4 Å². The summed E-state index contributed by atoms with van der Waals surface area (Å²) in [4.78, 5) is 26.3. The van der Waals surface area contributed by atoms with Crippen LogP contribution in [-0.2, 0) is 11.3 Å². The van der Waals surface area contributed by atoms with E-state index >= 15 is 0 Å². The highest BCUT2D eigenvalue weighted by atomic mass is 16.5. The number of carbonyl (C=O) groups is 2. The Morgan fingerprint density at radius 2 is 1.84 bits per heavy atom. The monoisotopic (exact) mass is 421 g/mol. The number of piperidine rings is 1. The summed E-state index contributed by atoms with van der Waals surface area (Å²) >= 11 is 0. The Morgan fingerprint density at radius 3 is 2.48 bits per heavy atom. The molecule has 31 heavy (non-hydrogen) atoms. The van der Waals surface area contributed by atoms with Crippen LogP contribution < -0.4 is 15.4 Å². The Balaban J connectivity index is 1.60. The maximum absolute atomic E-state index is 12.7. The molecular formula is C25H31N3O3. The van der Waals surface area contributed by atoms with Crippen LogP contribution >= 0.6 is 0 Å². The Hall–Kier alpha value is -3.12. The van der Waals surface area contributed by atoms with E-state index in [-0.39, 0.29) is 17.9 Å². The van der Waals surface area contributed by atoms with Gasteiger partial charge in [0.15, 0.2) is 0 Å². The number of carbonyl (C=O) groups excluding carboxylic acids is 2. The second-order valence-corrected chi connectivity index (χ2v) is 7.93. The number of ether oxygens (including phenoxy) is 1. The highest BCUT2D eigenvalue weighted by Gasteiger charge is 2.30. The zero-order valence-corrected chi connectivity index (χ0v) is 18.3. The fourth-order valence-electron chi connectivity index (χ4n) is 4.16. The van der Waals surface area contributed by atoms with Gasteiger partial charge < -0.3 is 15.4 Å². The minimum absolute atomic E-state index is 0.0802. The summed E-state index contributed by atoms with van der Waals surface area (Å²) in [6, 6.07) is 15.8. The van der Waals surface area contributed by atoms with Gasteiger partial charge in [0.1, 0.15) is 5.75 Å². The summed E-state index contributed by atoms with van der Waals surface area (Å²) in [5, 5.41) is 5.84. The fraction of sp³-hybridized carbons (Fsp3) is 0.360. The molecule has 0 spiro atoms. The SMILES string of the molecule is C=CC(=O)NCc1ccc(C(=O)NC[C@@H]2CCCN(C)[C@H]2c2ccc(OC)cc2)cc1. The number of likely N-dealkylation sites (tertiary alicyclic amines) is 1. The van der Waals surface area contributed by atoms with Crippen LogP contribution in [0.25, 0.3) is 0 Å². The predicted octanol–water partition coefficient (Wildman–Crippen LogP) is 3.31. The average molecular weight is 422 g/mol. The van der Waals surface area contributed by atoms with Crippen molar-refractivity contribution >= 4 is 11.8 Å². The van der Waals surface area contributed by atoms with Crippen molar-refractivity contribution in [3.8, 4) is 5.75 Å². The van der Waals surface area contributed by atoms with E-state index in [1.165, 1.54) is 11.6 Å². The van der Waals surface area contributed by atoms with Crippen molar-refractivity contribution in [3.63, 3.8) is 0 Å². The van der Waals surface area contributed by atoms with Crippen LogP contribution in [0.2, 0.25) is 0 Å². The van der Waals surface area contributed by atoms with Crippen LogP contribution in [-0.4, -0.2) is 44.0 Å². The predicted molar refractivity (Wildman–Crippen MR) is 122 cm³/mol. The molecule has 3 rings (SSSR count). The number of amides is 2. The van der Waals surface area contributed by atoms with E-state index in [4.69, 9.17) is 4.74 Å². The number of benzene rings is 2. The molecule has 2 amide bonds. The lowest BCUT2D eigenvalue weighted by molar-refractivity contribution is -0.116. The minimum atomic E-state index is -0.217. The molecule has 0 radical (unpaired) electrons. The molecule has 6 heteroatoms. The van der Waals surface area contributed by atoms with Crippen LogP contribution in [0.3, 0.4) is 0 Å². The third-order valence-electron chi connectivity index (χ3n) is 5.86. The molecule has 6 nitrogen and oxygen atoms in total. The van der Waals surface area contributed by atoms with E-state index in [0.717, 1.165) is 30.7 Å². The number of hydrogen-bond donors (Lipinski definition) is 2. The van der Waals surface area contributed by atoms with Crippen molar-refractivity contribution in [1.29, 1.82) is 0 Å². The molecule has 1 saturated heterocycles. The second-order valence-electron chi connectivity index (χ2n) is 7.93. The maximum Gasteiger partial charge on any atom is 0.251 e. The van der Waals surface area contributed by atoms with Gasteiger partial charge in [0.2, 0.25) is 5.91 Å². The molecule has 0 aliphatic carbocycles. The normalized spacial score (nSPS) is 18.8. The lowest BCUT2D eigenvalue weighted by atomic mass is 9.85. The van der Waals surface area contributed by atoms with E-state index in [1.54, 1.807) is 19.2 Å². The quantitative estimate of drug-likeness (QED) is 0.642. The van der Waals surface area contributed by atoms with Crippen molar-refractivity contribution in [2.75, 3.05) is 27.2 Å². The van der Waals surface area contributed by atoms with Gasteiger partial charge in [-0.2, -0.15) is 0 Å². The molecular weight excluding hydrogens is 390 g/mol. The first-order valence-corrected chi connectivity index (χ1v) is 10.6. The van der Waals surface area contributed by atoms with Gasteiger partial charge in [0.05, 0.1) is 7.11 Å².